The van der Waals surface area contributed by atoms with E-state index in [2.05, 4.69) is 10.3 Å². The smallest absolute Gasteiger partial charge is 0.337 e. The summed E-state index contributed by atoms with van der Waals surface area (Å²) >= 11 is 0. The van der Waals surface area contributed by atoms with Crippen LogP contribution < -0.4 is 5.32 Å². The standard InChI is InChI=1S/C14H11FN2O3/c1-8-4-2-5-9(14(19)20)12(8)17-13(18)10-6-3-7-11(15)16-10/h2-7H,1H3,(H,17,18)(H,19,20). The SMILES string of the molecule is Cc1cccc(C(=O)O)c1NC(=O)c1cccc(F)n1. The van der Waals surface area contributed by atoms with Crippen molar-refractivity contribution in [1.82, 2.24) is 4.98 Å². The van der Waals surface area contributed by atoms with Crippen LogP contribution >= 0.6 is 0 Å². The number of carbonyl (C=O) groups excluding carboxylic acids is 1. The van der Waals surface area contributed by atoms with Crippen molar-refractivity contribution in [1.29, 1.82) is 0 Å². The molecule has 102 valence electrons. The van der Waals surface area contributed by atoms with Crippen LogP contribution in [0.5, 0.6) is 0 Å². The first-order valence-electron chi connectivity index (χ1n) is 5.76. The van der Waals surface area contributed by atoms with Gasteiger partial charge in [-0.1, -0.05) is 18.2 Å². The van der Waals surface area contributed by atoms with E-state index in [1.807, 2.05) is 0 Å². The molecular weight excluding hydrogens is 263 g/mol. The van der Waals surface area contributed by atoms with Gasteiger partial charge in [-0.05, 0) is 30.7 Å². The number of hydrogen-bond acceptors (Lipinski definition) is 3. The lowest BCUT2D eigenvalue weighted by atomic mass is 10.1. The molecule has 0 unspecified atom stereocenters. The Morgan fingerprint density at radius 2 is 1.90 bits per heavy atom. The Labute approximate surface area is 114 Å². The third-order valence-electron chi connectivity index (χ3n) is 2.69. The van der Waals surface area contributed by atoms with Crippen molar-refractivity contribution in [3.05, 3.63) is 59.2 Å². The highest BCUT2D eigenvalue weighted by atomic mass is 19.1. The molecule has 1 aromatic heterocycles. The highest BCUT2D eigenvalue weighted by Gasteiger charge is 2.16. The summed E-state index contributed by atoms with van der Waals surface area (Å²) in [5.41, 5.74) is 0.616. The van der Waals surface area contributed by atoms with Gasteiger partial charge in [-0.3, -0.25) is 4.79 Å². The number of para-hydroxylation sites is 1. The van der Waals surface area contributed by atoms with Crippen LogP contribution in [0.4, 0.5) is 10.1 Å². The first kappa shape index (κ1) is 13.7. The summed E-state index contributed by atoms with van der Waals surface area (Å²) in [5, 5.41) is 11.5. The van der Waals surface area contributed by atoms with E-state index in [0.29, 0.717) is 5.56 Å². The van der Waals surface area contributed by atoms with Gasteiger partial charge in [0.25, 0.3) is 5.91 Å². The zero-order valence-electron chi connectivity index (χ0n) is 10.6. The number of rotatable bonds is 3. The highest BCUT2D eigenvalue weighted by molar-refractivity contribution is 6.07. The van der Waals surface area contributed by atoms with Crippen molar-refractivity contribution in [2.75, 3.05) is 5.32 Å². The van der Waals surface area contributed by atoms with E-state index >= 15 is 0 Å². The Morgan fingerprint density at radius 3 is 2.55 bits per heavy atom. The molecule has 0 bridgehead atoms. The van der Waals surface area contributed by atoms with Crippen molar-refractivity contribution in [3.63, 3.8) is 0 Å². The number of benzene rings is 1. The summed E-state index contributed by atoms with van der Waals surface area (Å²) in [7, 11) is 0. The zero-order chi connectivity index (χ0) is 14.7. The molecule has 0 spiro atoms. The van der Waals surface area contributed by atoms with Gasteiger partial charge in [0.2, 0.25) is 5.95 Å². The molecule has 6 heteroatoms. The number of pyridine rings is 1. The van der Waals surface area contributed by atoms with Crippen LogP contribution in [-0.4, -0.2) is 22.0 Å². The van der Waals surface area contributed by atoms with Gasteiger partial charge in [-0.2, -0.15) is 4.39 Å². The second kappa shape index (κ2) is 5.48. The number of aromatic carboxylic acids is 1. The summed E-state index contributed by atoms with van der Waals surface area (Å²) in [6.07, 6.45) is 0. The molecule has 0 radical (unpaired) electrons. The van der Waals surface area contributed by atoms with Crippen LogP contribution in [0.3, 0.4) is 0 Å². The fourth-order valence-corrected chi connectivity index (χ4v) is 1.72. The molecule has 1 heterocycles. The average molecular weight is 274 g/mol. The predicted octanol–water partition coefficient (Wildman–Crippen LogP) is 2.48. The molecule has 0 atom stereocenters. The van der Waals surface area contributed by atoms with Gasteiger partial charge < -0.3 is 10.4 Å². The van der Waals surface area contributed by atoms with Gasteiger partial charge in [0, 0.05) is 0 Å². The summed E-state index contributed by atoms with van der Waals surface area (Å²) in [6, 6.07) is 8.44. The fourth-order valence-electron chi connectivity index (χ4n) is 1.72. The Kier molecular flexibility index (Phi) is 3.74. The molecule has 0 saturated heterocycles. The molecule has 2 aromatic rings. The van der Waals surface area contributed by atoms with E-state index in [1.165, 1.54) is 18.2 Å². The molecule has 2 N–H and O–H groups in total. The lowest BCUT2D eigenvalue weighted by molar-refractivity contribution is 0.0698. The van der Waals surface area contributed by atoms with Gasteiger partial charge >= 0.3 is 5.97 Å². The van der Waals surface area contributed by atoms with Crippen molar-refractivity contribution in [2.45, 2.75) is 6.92 Å². The minimum absolute atomic E-state index is 0.0326. The van der Waals surface area contributed by atoms with Crippen LogP contribution in [0, 0.1) is 12.9 Å². The molecule has 0 aliphatic heterocycles. The summed E-state index contributed by atoms with van der Waals surface area (Å²) in [4.78, 5) is 26.5. The molecule has 0 saturated carbocycles. The molecule has 0 aliphatic carbocycles. The van der Waals surface area contributed by atoms with Gasteiger partial charge in [0.15, 0.2) is 0 Å². The monoisotopic (exact) mass is 274 g/mol. The van der Waals surface area contributed by atoms with Crippen molar-refractivity contribution in [2.24, 2.45) is 0 Å². The molecule has 1 aromatic carbocycles. The Balaban J connectivity index is 2.35. The minimum Gasteiger partial charge on any atom is -0.478 e. The third kappa shape index (κ3) is 2.80. The number of carbonyl (C=O) groups is 2. The second-order valence-electron chi connectivity index (χ2n) is 4.10. The van der Waals surface area contributed by atoms with E-state index in [9.17, 15) is 14.0 Å². The maximum atomic E-state index is 13.0. The van der Waals surface area contributed by atoms with Crippen molar-refractivity contribution >= 4 is 17.6 Å². The number of nitrogens with one attached hydrogen (secondary N) is 1. The van der Waals surface area contributed by atoms with Gasteiger partial charge in [-0.25, -0.2) is 9.78 Å². The fraction of sp³-hybridized carbons (Fsp3) is 0.0714. The number of amides is 1. The maximum absolute atomic E-state index is 13.0. The number of aromatic nitrogens is 1. The van der Waals surface area contributed by atoms with Crippen LogP contribution in [0.2, 0.25) is 0 Å². The molecule has 1 amide bonds. The van der Waals surface area contributed by atoms with Crippen LogP contribution in [-0.2, 0) is 0 Å². The molecule has 2 rings (SSSR count). The molecule has 0 fully saturated rings. The van der Waals surface area contributed by atoms with E-state index in [1.54, 1.807) is 19.1 Å². The third-order valence-corrected chi connectivity index (χ3v) is 2.69. The largest absolute Gasteiger partial charge is 0.478 e. The molecule has 20 heavy (non-hydrogen) atoms. The number of aryl methyl sites for hydroxylation is 1. The Morgan fingerprint density at radius 1 is 1.20 bits per heavy atom. The summed E-state index contributed by atoms with van der Waals surface area (Å²) < 4.78 is 13.0. The highest BCUT2D eigenvalue weighted by Crippen LogP contribution is 2.21. The van der Waals surface area contributed by atoms with E-state index < -0.39 is 17.8 Å². The number of carboxylic acids is 1. The topological polar surface area (TPSA) is 79.3 Å². The van der Waals surface area contributed by atoms with Crippen LogP contribution in [0.1, 0.15) is 26.4 Å². The van der Waals surface area contributed by atoms with E-state index in [-0.39, 0.29) is 16.9 Å². The van der Waals surface area contributed by atoms with Crippen LogP contribution in [0.25, 0.3) is 0 Å². The van der Waals surface area contributed by atoms with Gasteiger partial charge in [0.1, 0.15) is 5.69 Å². The zero-order valence-corrected chi connectivity index (χ0v) is 10.6. The van der Waals surface area contributed by atoms with Crippen LogP contribution in [0.15, 0.2) is 36.4 Å². The summed E-state index contributed by atoms with van der Waals surface area (Å²) in [5.74, 6) is -2.60. The molecule has 0 aliphatic rings. The van der Waals surface area contributed by atoms with Crippen molar-refractivity contribution < 1.29 is 19.1 Å². The molecular formula is C14H11FN2O3. The molecule has 5 nitrogen and oxygen atoms in total. The number of hydrogen-bond donors (Lipinski definition) is 2. The van der Waals surface area contributed by atoms with E-state index in [0.717, 1.165) is 6.07 Å². The number of anilines is 1. The van der Waals surface area contributed by atoms with Gasteiger partial charge in [-0.15, -0.1) is 0 Å². The Bertz CT molecular complexity index is 686. The number of carboxylic acid groups (broad SMARTS) is 1. The first-order chi connectivity index (χ1) is 9.49. The minimum atomic E-state index is -1.16. The lowest BCUT2D eigenvalue weighted by Gasteiger charge is -2.11. The lowest BCUT2D eigenvalue weighted by Crippen LogP contribution is -2.17. The average Bonchev–Trinajstić information content (AvgIpc) is 2.40. The maximum Gasteiger partial charge on any atom is 0.337 e. The van der Waals surface area contributed by atoms with Gasteiger partial charge in [0.05, 0.1) is 11.3 Å². The van der Waals surface area contributed by atoms with E-state index in [4.69, 9.17) is 5.11 Å². The normalized spacial score (nSPS) is 10.1. The number of halogens is 1. The number of nitrogens with zero attached hydrogens (tertiary/aromatic N) is 1. The summed E-state index contributed by atoms with van der Waals surface area (Å²) in [6.45, 7) is 1.67. The predicted molar refractivity (Wildman–Crippen MR) is 70.3 cm³/mol. The Hall–Kier alpha value is -2.76. The first-order valence-corrected chi connectivity index (χ1v) is 5.76. The second-order valence-corrected chi connectivity index (χ2v) is 4.10. The quantitative estimate of drug-likeness (QED) is 0.843. The van der Waals surface area contributed by atoms with Crippen molar-refractivity contribution in [3.8, 4) is 0 Å².